The summed E-state index contributed by atoms with van der Waals surface area (Å²) in [6, 6.07) is 4.06. The molecule has 18 heavy (non-hydrogen) atoms. The Hall–Kier alpha value is -1.01. The Morgan fingerprint density at radius 3 is 2.61 bits per heavy atom. The first-order valence-corrected chi connectivity index (χ1v) is 6.58. The van der Waals surface area contributed by atoms with E-state index >= 15 is 0 Å². The average molecular weight is 333 g/mol. The van der Waals surface area contributed by atoms with Crippen molar-refractivity contribution in [3.63, 3.8) is 0 Å². The minimum atomic E-state index is -0.574. The summed E-state index contributed by atoms with van der Waals surface area (Å²) in [4.78, 5) is 12.2. The van der Waals surface area contributed by atoms with Crippen LogP contribution in [0.4, 0.5) is 10.1 Å². The van der Waals surface area contributed by atoms with Crippen LogP contribution in [0.1, 0.15) is 13.8 Å². The van der Waals surface area contributed by atoms with Crippen molar-refractivity contribution in [3.8, 4) is 0 Å². The predicted molar refractivity (Wildman–Crippen MR) is 77.8 cm³/mol. The van der Waals surface area contributed by atoms with Crippen molar-refractivity contribution in [1.82, 2.24) is 0 Å². The highest BCUT2D eigenvalue weighted by Crippen LogP contribution is 2.24. The minimum Gasteiger partial charge on any atom is -0.393 e. The molecule has 1 rings (SSSR count). The van der Waals surface area contributed by atoms with E-state index in [4.69, 9.17) is 18.0 Å². The molecule has 0 spiro atoms. The van der Waals surface area contributed by atoms with Crippen molar-refractivity contribution >= 4 is 44.7 Å². The lowest BCUT2D eigenvalue weighted by atomic mass is 9.95. The fourth-order valence-electron chi connectivity index (χ4n) is 1.56. The standard InChI is InChI=1S/C12H14BrFN2OS/c1-6(2)10(11(15)18)12(17)16-9-5-7(14)3-4-8(9)13/h3-6,10H,1-2H3,(H2,15,18)(H,16,17). The highest BCUT2D eigenvalue weighted by molar-refractivity contribution is 9.10. The van der Waals surface area contributed by atoms with Crippen LogP contribution >= 0.6 is 28.1 Å². The Labute approximate surface area is 119 Å². The zero-order chi connectivity index (χ0) is 13.9. The molecular weight excluding hydrogens is 319 g/mol. The smallest absolute Gasteiger partial charge is 0.234 e. The second kappa shape index (κ2) is 6.24. The maximum atomic E-state index is 13.1. The van der Waals surface area contributed by atoms with Gasteiger partial charge in [-0.2, -0.15) is 0 Å². The molecule has 0 bridgehead atoms. The van der Waals surface area contributed by atoms with Gasteiger partial charge in [0.15, 0.2) is 0 Å². The number of halogens is 2. The van der Waals surface area contributed by atoms with E-state index in [9.17, 15) is 9.18 Å². The summed E-state index contributed by atoms with van der Waals surface area (Å²) in [6.45, 7) is 3.70. The number of rotatable bonds is 4. The third kappa shape index (κ3) is 3.74. The van der Waals surface area contributed by atoms with Crippen molar-refractivity contribution < 1.29 is 9.18 Å². The Balaban J connectivity index is 2.92. The van der Waals surface area contributed by atoms with Gasteiger partial charge in [-0.05, 0) is 40.0 Å². The van der Waals surface area contributed by atoms with Crippen molar-refractivity contribution in [2.45, 2.75) is 13.8 Å². The van der Waals surface area contributed by atoms with E-state index in [0.29, 0.717) is 10.2 Å². The van der Waals surface area contributed by atoms with Gasteiger partial charge < -0.3 is 11.1 Å². The molecule has 1 aromatic carbocycles. The van der Waals surface area contributed by atoms with Crippen LogP contribution in [0, 0.1) is 17.7 Å². The van der Waals surface area contributed by atoms with Gasteiger partial charge in [0.05, 0.1) is 16.6 Å². The number of carbonyl (C=O) groups is 1. The Morgan fingerprint density at radius 1 is 1.50 bits per heavy atom. The van der Waals surface area contributed by atoms with E-state index in [1.54, 1.807) is 0 Å². The molecule has 1 unspecified atom stereocenters. The van der Waals surface area contributed by atoms with Gasteiger partial charge in [0, 0.05) is 4.47 Å². The number of anilines is 1. The van der Waals surface area contributed by atoms with Gasteiger partial charge in [-0.15, -0.1) is 0 Å². The predicted octanol–water partition coefficient (Wildman–Crippen LogP) is 3.09. The van der Waals surface area contributed by atoms with Crippen molar-refractivity contribution in [3.05, 3.63) is 28.5 Å². The summed E-state index contributed by atoms with van der Waals surface area (Å²) in [7, 11) is 0. The first kappa shape index (κ1) is 15.0. The molecule has 0 aliphatic rings. The fourth-order valence-corrected chi connectivity index (χ4v) is 2.29. The first-order chi connectivity index (χ1) is 8.32. The summed E-state index contributed by atoms with van der Waals surface area (Å²) in [5.74, 6) is -1.35. The molecule has 0 heterocycles. The summed E-state index contributed by atoms with van der Waals surface area (Å²) in [6.07, 6.45) is 0. The molecule has 3 nitrogen and oxygen atoms in total. The van der Waals surface area contributed by atoms with E-state index in [2.05, 4.69) is 21.2 Å². The molecule has 0 saturated carbocycles. The molecule has 0 fully saturated rings. The van der Waals surface area contributed by atoms with Crippen molar-refractivity contribution in [2.75, 3.05) is 5.32 Å². The third-order valence-electron chi connectivity index (χ3n) is 2.44. The van der Waals surface area contributed by atoms with Crippen LogP contribution in [0.3, 0.4) is 0 Å². The van der Waals surface area contributed by atoms with Gasteiger partial charge in [-0.3, -0.25) is 4.79 Å². The largest absolute Gasteiger partial charge is 0.393 e. The van der Waals surface area contributed by atoms with E-state index < -0.39 is 11.7 Å². The van der Waals surface area contributed by atoms with Crippen LogP contribution in [-0.4, -0.2) is 10.9 Å². The molecule has 1 aromatic rings. The normalized spacial score (nSPS) is 12.3. The average Bonchev–Trinajstić information content (AvgIpc) is 2.22. The zero-order valence-electron chi connectivity index (χ0n) is 10.0. The molecule has 6 heteroatoms. The molecule has 98 valence electrons. The van der Waals surface area contributed by atoms with Crippen molar-refractivity contribution in [2.24, 2.45) is 17.6 Å². The fraction of sp³-hybridized carbons (Fsp3) is 0.333. The lowest BCUT2D eigenvalue weighted by Gasteiger charge is -2.19. The number of benzene rings is 1. The SMILES string of the molecule is CC(C)C(C(=O)Nc1cc(F)ccc1Br)C(N)=S. The van der Waals surface area contributed by atoms with Crippen LogP contribution in [0.25, 0.3) is 0 Å². The van der Waals surface area contributed by atoms with Gasteiger partial charge in [-0.1, -0.05) is 26.1 Å². The van der Waals surface area contributed by atoms with Gasteiger partial charge >= 0.3 is 0 Å². The van der Waals surface area contributed by atoms with Gasteiger partial charge in [0.1, 0.15) is 5.82 Å². The van der Waals surface area contributed by atoms with Gasteiger partial charge in [0.2, 0.25) is 5.91 Å². The van der Waals surface area contributed by atoms with Gasteiger partial charge in [0.25, 0.3) is 0 Å². The second-order valence-corrected chi connectivity index (χ2v) is 5.56. The minimum absolute atomic E-state index is 0.0187. The second-order valence-electron chi connectivity index (χ2n) is 4.24. The Morgan fingerprint density at radius 2 is 2.11 bits per heavy atom. The lowest BCUT2D eigenvalue weighted by Crippen LogP contribution is -2.36. The van der Waals surface area contributed by atoms with Crippen molar-refractivity contribution in [1.29, 1.82) is 0 Å². The van der Waals surface area contributed by atoms with Crippen LogP contribution in [0.2, 0.25) is 0 Å². The highest BCUT2D eigenvalue weighted by atomic mass is 79.9. The van der Waals surface area contributed by atoms with Crippen LogP contribution in [0.15, 0.2) is 22.7 Å². The molecule has 0 radical (unpaired) electrons. The zero-order valence-corrected chi connectivity index (χ0v) is 12.4. The number of nitrogens with two attached hydrogens (primary N) is 1. The molecule has 1 atom stereocenters. The Kier molecular flexibility index (Phi) is 5.22. The number of carbonyl (C=O) groups excluding carboxylic acids is 1. The topological polar surface area (TPSA) is 55.1 Å². The molecule has 0 aliphatic carbocycles. The number of amides is 1. The van der Waals surface area contributed by atoms with Crippen LogP contribution in [0.5, 0.6) is 0 Å². The maximum absolute atomic E-state index is 13.1. The summed E-state index contributed by atoms with van der Waals surface area (Å²) in [5, 5.41) is 2.62. The molecule has 3 N–H and O–H groups in total. The van der Waals surface area contributed by atoms with E-state index in [1.165, 1.54) is 18.2 Å². The number of thiocarbonyl (C=S) groups is 1. The summed E-state index contributed by atoms with van der Waals surface area (Å²) < 4.78 is 13.7. The van der Waals surface area contributed by atoms with E-state index in [-0.39, 0.29) is 16.8 Å². The van der Waals surface area contributed by atoms with Crippen LogP contribution in [-0.2, 0) is 4.79 Å². The van der Waals surface area contributed by atoms with E-state index in [0.717, 1.165) is 0 Å². The molecule has 0 aliphatic heterocycles. The van der Waals surface area contributed by atoms with E-state index in [1.807, 2.05) is 13.8 Å². The maximum Gasteiger partial charge on any atom is 0.234 e. The summed E-state index contributed by atoms with van der Waals surface area (Å²) >= 11 is 8.11. The van der Waals surface area contributed by atoms with Crippen LogP contribution < -0.4 is 11.1 Å². The molecular formula is C12H14BrFN2OS. The third-order valence-corrected chi connectivity index (χ3v) is 3.39. The molecule has 1 amide bonds. The number of nitrogens with one attached hydrogen (secondary N) is 1. The number of hydrogen-bond acceptors (Lipinski definition) is 2. The lowest BCUT2D eigenvalue weighted by molar-refractivity contribution is -0.118. The molecule has 0 saturated heterocycles. The Bertz CT molecular complexity index is 479. The summed E-state index contributed by atoms with van der Waals surface area (Å²) in [5.41, 5.74) is 5.91. The highest BCUT2D eigenvalue weighted by Gasteiger charge is 2.25. The molecule has 0 aromatic heterocycles. The number of hydrogen-bond donors (Lipinski definition) is 2. The first-order valence-electron chi connectivity index (χ1n) is 5.38. The monoisotopic (exact) mass is 332 g/mol. The quantitative estimate of drug-likeness (QED) is 0.833. The van der Waals surface area contributed by atoms with Gasteiger partial charge in [-0.25, -0.2) is 4.39 Å².